The van der Waals surface area contributed by atoms with Gasteiger partial charge >= 0.3 is 0 Å². The number of nitrogens with zero attached hydrogens (tertiary/aromatic N) is 1. The van der Waals surface area contributed by atoms with E-state index in [0.717, 1.165) is 36.7 Å². The molecule has 1 aliphatic rings. The quantitative estimate of drug-likeness (QED) is 0.835. The van der Waals surface area contributed by atoms with Gasteiger partial charge in [-0.1, -0.05) is 26.7 Å². The van der Waals surface area contributed by atoms with E-state index in [9.17, 15) is 4.79 Å². The molecule has 1 aromatic heterocycles. The molecule has 1 aromatic rings. The Hall–Kier alpha value is -1.58. The van der Waals surface area contributed by atoms with Crippen LogP contribution in [-0.4, -0.2) is 24.0 Å². The number of amides is 1. The normalized spacial score (nSPS) is 22.4. The smallest absolute Gasteiger partial charge is 0.251 e. The van der Waals surface area contributed by atoms with Crippen LogP contribution in [0, 0.1) is 5.92 Å². The second kappa shape index (κ2) is 7.43. The first-order chi connectivity index (χ1) is 10.1. The summed E-state index contributed by atoms with van der Waals surface area (Å²) in [6.07, 6.45) is 6.73. The molecule has 2 N–H and O–H groups in total. The first kappa shape index (κ1) is 15.8. The maximum Gasteiger partial charge on any atom is 0.251 e. The van der Waals surface area contributed by atoms with Crippen molar-refractivity contribution in [1.82, 2.24) is 10.3 Å². The lowest BCUT2D eigenvalue weighted by Crippen LogP contribution is -2.34. The van der Waals surface area contributed by atoms with Crippen LogP contribution in [0.15, 0.2) is 12.1 Å². The van der Waals surface area contributed by atoms with Crippen molar-refractivity contribution in [3.63, 3.8) is 0 Å². The van der Waals surface area contributed by atoms with Crippen molar-refractivity contribution in [1.29, 1.82) is 0 Å². The summed E-state index contributed by atoms with van der Waals surface area (Å²) in [7, 11) is 1.83. The van der Waals surface area contributed by atoms with Gasteiger partial charge in [0.05, 0.1) is 0 Å². The van der Waals surface area contributed by atoms with Gasteiger partial charge in [-0.15, -0.1) is 0 Å². The van der Waals surface area contributed by atoms with Crippen LogP contribution >= 0.6 is 0 Å². The number of hydrogen-bond donors (Lipinski definition) is 2. The molecule has 2 atom stereocenters. The molecule has 21 heavy (non-hydrogen) atoms. The Morgan fingerprint density at radius 2 is 2.10 bits per heavy atom. The number of carbonyl (C=O) groups is 1. The number of rotatable bonds is 4. The summed E-state index contributed by atoms with van der Waals surface area (Å²) in [5, 5.41) is 6.23. The molecule has 2 rings (SSSR count). The summed E-state index contributed by atoms with van der Waals surface area (Å²) in [4.78, 5) is 16.9. The molecule has 1 heterocycles. The van der Waals surface area contributed by atoms with E-state index < -0.39 is 0 Å². The molecule has 0 spiro atoms. The van der Waals surface area contributed by atoms with Crippen LogP contribution in [0.1, 0.15) is 62.0 Å². The van der Waals surface area contributed by atoms with Gasteiger partial charge in [-0.3, -0.25) is 4.79 Å². The van der Waals surface area contributed by atoms with E-state index in [-0.39, 0.29) is 5.91 Å². The zero-order valence-corrected chi connectivity index (χ0v) is 13.4. The van der Waals surface area contributed by atoms with E-state index in [0.29, 0.717) is 11.6 Å². The molecule has 1 amide bonds. The lowest BCUT2D eigenvalue weighted by atomic mass is 10.0. The number of anilines is 1. The molecule has 4 nitrogen and oxygen atoms in total. The number of nitrogens with one attached hydrogen (secondary N) is 2. The highest BCUT2D eigenvalue weighted by molar-refractivity contribution is 5.95. The molecule has 0 saturated heterocycles. The van der Waals surface area contributed by atoms with Crippen LogP contribution in [0.2, 0.25) is 0 Å². The van der Waals surface area contributed by atoms with E-state index in [2.05, 4.69) is 29.5 Å². The predicted octanol–water partition coefficient (Wildman–Crippen LogP) is 3.38. The highest BCUT2D eigenvalue weighted by Crippen LogP contribution is 2.23. The SMILES string of the molecule is CCc1cc(C(=O)NC2CCCC(C)CC2)cc(NC)n1. The Balaban J connectivity index is 2.05. The van der Waals surface area contributed by atoms with Gasteiger partial charge in [-0.2, -0.15) is 0 Å². The molecule has 4 heteroatoms. The third-order valence-corrected chi connectivity index (χ3v) is 4.35. The van der Waals surface area contributed by atoms with Gasteiger partial charge in [0.1, 0.15) is 5.82 Å². The van der Waals surface area contributed by atoms with Crippen LogP contribution in [0.3, 0.4) is 0 Å². The molecule has 116 valence electrons. The van der Waals surface area contributed by atoms with Gasteiger partial charge in [-0.25, -0.2) is 4.98 Å². The highest BCUT2D eigenvalue weighted by Gasteiger charge is 2.19. The van der Waals surface area contributed by atoms with Crippen molar-refractivity contribution in [3.05, 3.63) is 23.4 Å². The molecule has 1 saturated carbocycles. The van der Waals surface area contributed by atoms with Crippen molar-refractivity contribution < 1.29 is 4.79 Å². The number of carbonyl (C=O) groups excluding carboxylic acids is 1. The summed E-state index contributed by atoms with van der Waals surface area (Å²) in [6.45, 7) is 4.36. The van der Waals surface area contributed by atoms with Crippen molar-refractivity contribution in [2.24, 2.45) is 5.92 Å². The topological polar surface area (TPSA) is 54.0 Å². The largest absolute Gasteiger partial charge is 0.373 e. The minimum absolute atomic E-state index is 0.0307. The van der Waals surface area contributed by atoms with Crippen molar-refractivity contribution >= 4 is 11.7 Å². The van der Waals surface area contributed by atoms with Crippen LogP contribution in [0.25, 0.3) is 0 Å². The zero-order valence-electron chi connectivity index (χ0n) is 13.4. The van der Waals surface area contributed by atoms with Crippen molar-refractivity contribution in [3.8, 4) is 0 Å². The Labute approximate surface area is 127 Å². The average molecular weight is 289 g/mol. The second-order valence-corrected chi connectivity index (χ2v) is 6.12. The summed E-state index contributed by atoms with van der Waals surface area (Å²) < 4.78 is 0. The zero-order chi connectivity index (χ0) is 15.2. The molecule has 0 aliphatic heterocycles. The average Bonchev–Trinajstić information content (AvgIpc) is 2.71. The Kier molecular flexibility index (Phi) is 5.59. The van der Waals surface area contributed by atoms with Crippen LogP contribution in [0.5, 0.6) is 0 Å². The van der Waals surface area contributed by atoms with Crippen LogP contribution in [-0.2, 0) is 6.42 Å². The fourth-order valence-corrected chi connectivity index (χ4v) is 2.93. The molecule has 1 fully saturated rings. The first-order valence-electron chi connectivity index (χ1n) is 8.12. The monoisotopic (exact) mass is 289 g/mol. The molecule has 1 aliphatic carbocycles. The van der Waals surface area contributed by atoms with Gasteiger partial charge in [0.25, 0.3) is 5.91 Å². The van der Waals surface area contributed by atoms with E-state index in [4.69, 9.17) is 0 Å². The molecule has 0 bridgehead atoms. The molecule has 2 unspecified atom stereocenters. The van der Waals surface area contributed by atoms with Crippen LogP contribution < -0.4 is 10.6 Å². The third kappa shape index (κ3) is 4.45. The first-order valence-corrected chi connectivity index (χ1v) is 8.12. The van der Waals surface area contributed by atoms with E-state index >= 15 is 0 Å². The molecular formula is C17H27N3O. The predicted molar refractivity (Wildman–Crippen MR) is 86.7 cm³/mol. The van der Waals surface area contributed by atoms with Gasteiger partial charge in [0, 0.05) is 24.3 Å². The molecule has 0 radical (unpaired) electrons. The molecule has 0 aromatic carbocycles. The second-order valence-electron chi connectivity index (χ2n) is 6.12. The number of aromatic nitrogens is 1. The fourth-order valence-electron chi connectivity index (χ4n) is 2.93. The van der Waals surface area contributed by atoms with Gasteiger partial charge in [0.2, 0.25) is 0 Å². The Bertz CT molecular complexity index is 465. The third-order valence-electron chi connectivity index (χ3n) is 4.35. The maximum absolute atomic E-state index is 12.5. The minimum Gasteiger partial charge on any atom is -0.373 e. The Morgan fingerprint density at radius 3 is 2.81 bits per heavy atom. The van der Waals surface area contributed by atoms with Crippen LogP contribution in [0.4, 0.5) is 5.82 Å². The fraction of sp³-hybridized carbons (Fsp3) is 0.647. The lowest BCUT2D eigenvalue weighted by Gasteiger charge is -2.17. The summed E-state index contributed by atoms with van der Waals surface area (Å²) in [6, 6.07) is 4.04. The number of hydrogen-bond acceptors (Lipinski definition) is 3. The summed E-state index contributed by atoms with van der Waals surface area (Å²) >= 11 is 0. The number of aryl methyl sites for hydroxylation is 1. The van der Waals surface area contributed by atoms with E-state index in [1.807, 2.05) is 19.2 Å². The van der Waals surface area contributed by atoms with Crippen molar-refractivity contribution in [2.45, 2.75) is 58.4 Å². The Morgan fingerprint density at radius 1 is 1.29 bits per heavy atom. The van der Waals surface area contributed by atoms with E-state index in [1.165, 1.54) is 19.3 Å². The van der Waals surface area contributed by atoms with Crippen molar-refractivity contribution in [2.75, 3.05) is 12.4 Å². The van der Waals surface area contributed by atoms with Gasteiger partial charge < -0.3 is 10.6 Å². The standard InChI is InChI=1S/C17H27N3O/c1-4-14-10-13(11-16(18-3)19-14)17(21)20-15-7-5-6-12(2)8-9-15/h10-12,15H,4-9H2,1-3H3,(H,18,19)(H,20,21). The number of pyridine rings is 1. The summed E-state index contributed by atoms with van der Waals surface area (Å²) in [5.74, 6) is 1.58. The molecular weight excluding hydrogens is 262 g/mol. The van der Waals surface area contributed by atoms with Gasteiger partial charge in [-0.05, 0) is 43.7 Å². The maximum atomic E-state index is 12.5. The van der Waals surface area contributed by atoms with E-state index in [1.54, 1.807) is 0 Å². The minimum atomic E-state index is 0.0307. The lowest BCUT2D eigenvalue weighted by molar-refractivity contribution is 0.0933. The van der Waals surface area contributed by atoms with Gasteiger partial charge in [0.15, 0.2) is 0 Å². The highest BCUT2D eigenvalue weighted by atomic mass is 16.1. The summed E-state index contributed by atoms with van der Waals surface area (Å²) in [5.41, 5.74) is 1.66.